The average molecular weight is 334 g/mol. The third kappa shape index (κ3) is 4.29. The minimum absolute atomic E-state index is 0.416. The van der Waals surface area contributed by atoms with Gasteiger partial charge in [0.05, 0.1) is 18.4 Å². The number of aromatic nitrogens is 4. The summed E-state index contributed by atoms with van der Waals surface area (Å²) in [5.41, 5.74) is 4.42. The van der Waals surface area contributed by atoms with E-state index in [2.05, 4.69) is 69.8 Å². The minimum atomic E-state index is 0.416. The molecular formula is C19H22N6. The predicted molar refractivity (Wildman–Crippen MR) is 99.9 cm³/mol. The Morgan fingerprint density at radius 3 is 2.72 bits per heavy atom. The molecule has 128 valence electrons. The molecule has 0 atom stereocenters. The molecule has 0 aliphatic heterocycles. The lowest BCUT2D eigenvalue weighted by Crippen LogP contribution is -2.08. The van der Waals surface area contributed by atoms with E-state index in [4.69, 9.17) is 0 Å². The number of para-hydroxylation sites is 1. The quantitative estimate of drug-likeness (QED) is 0.708. The van der Waals surface area contributed by atoms with Gasteiger partial charge in [0, 0.05) is 11.9 Å². The average Bonchev–Trinajstić information content (AvgIpc) is 2.63. The Kier molecular flexibility index (Phi) is 5.18. The molecular weight excluding hydrogens is 312 g/mol. The first-order chi connectivity index (χ1) is 12.1. The Balaban J connectivity index is 1.76. The van der Waals surface area contributed by atoms with Gasteiger partial charge in [-0.1, -0.05) is 38.1 Å². The van der Waals surface area contributed by atoms with Crippen molar-refractivity contribution in [2.75, 3.05) is 10.6 Å². The Morgan fingerprint density at radius 1 is 1.08 bits per heavy atom. The van der Waals surface area contributed by atoms with Crippen LogP contribution in [0.1, 0.15) is 36.6 Å². The van der Waals surface area contributed by atoms with Gasteiger partial charge in [-0.25, -0.2) is 0 Å². The van der Waals surface area contributed by atoms with E-state index >= 15 is 0 Å². The highest BCUT2D eigenvalue weighted by atomic mass is 15.3. The van der Waals surface area contributed by atoms with E-state index in [1.807, 2.05) is 18.2 Å². The number of hydrogen-bond donors (Lipinski definition) is 2. The minimum Gasteiger partial charge on any atom is -0.347 e. The van der Waals surface area contributed by atoms with Crippen LogP contribution >= 0.6 is 0 Å². The zero-order valence-electron chi connectivity index (χ0n) is 14.7. The molecule has 0 bridgehead atoms. The van der Waals surface area contributed by atoms with Crippen LogP contribution in [0.2, 0.25) is 0 Å². The highest BCUT2D eigenvalue weighted by Gasteiger charge is 2.10. The number of nitrogens with one attached hydrogen (secondary N) is 2. The van der Waals surface area contributed by atoms with Crippen LogP contribution < -0.4 is 10.6 Å². The summed E-state index contributed by atoms with van der Waals surface area (Å²) in [7, 11) is 0. The lowest BCUT2D eigenvalue weighted by atomic mass is 9.98. The van der Waals surface area contributed by atoms with Gasteiger partial charge in [0.15, 0.2) is 5.82 Å². The second-order valence-electron chi connectivity index (χ2n) is 6.16. The van der Waals surface area contributed by atoms with Crippen molar-refractivity contribution >= 4 is 17.5 Å². The molecule has 3 aromatic rings. The molecule has 2 N–H and O–H groups in total. The molecule has 0 fully saturated rings. The summed E-state index contributed by atoms with van der Waals surface area (Å²) in [5.74, 6) is 1.55. The van der Waals surface area contributed by atoms with Gasteiger partial charge >= 0.3 is 0 Å². The van der Waals surface area contributed by atoms with Crippen molar-refractivity contribution in [3.05, 3.63) is 65.6 Å². The zero-order chi connectivity index (χ0) is 17.6. The summed E-state index contributed by atoms with van der Waals surface area (Å²) < 4.78 is 0. The van der Waals surface area contributed by atoms with Gasteiger partial charge in [0.2, 0.25) is 5.95 Å². The van der Waals surface area contributed by atoms with Gasteiger partial charge in [0.25, 0.3) is 0 Å². The number of rotatable bonds is 6. The van der Waals surface area contributed by atoms with E-state index < -0.39 is 0 Å². The summed E-state index contributed by atoms with van der Waals surface area (Å²) in [4.78, 5) is 8.77. The lowest BCUT2D eigenvalue weighted by Gasteiger charge is -2.16. The zero-order valence-corrected chi connectivity index (χ0v) is 14.7. The van der Waals surface area contributed by atoms with Crippen LogP contribution in [0.15, 0.2) is 48.8 Å². The standard InChI is InChI=1S/C19H22N6/c1-13(2)16-9-6-7-14(3)18(16)23-17-12-22-25-19(24-17)21-11-15-8-4-5-10-20-15/h4-10,12-13H,11H2,1-3H3,(H2,21,23,24,25). The van der Waals surface area contributed by atoms with E-state index in [0.717, 1.165) is 11.4 Å². The maximum atomic E-state index is 4.50. The fourth-order valence-electron chi connectivity index (χ4n) is 2.58. The van der Waals surface area contributed by atoms with Gasteiger partial charge in [-0.05, 0) is 36.1 Å². The smallest absolute Gasteiger partial charge is 0.245 e. The van der Waals surface area contributed by atoms with E-state index in [1.165, 1.54) is 11.1 Å². The maximum absolute atomic E-state index is 4.50. The molecule has 0 radical (unpaired) electrons. The molecule has 0 aliphatic carbocycles. The van der Waals surface area contributed by atoms with Crippen molar-refractivity contribution in [3.63, 3.8) is 0 Å². The second kappa shape index (κ2) is 7.70. The molecule has 0 saturated heterocycles. The number of anilines is 3. The van der Waals surface area contributed by atoms with Crippen molar-refractivity contribution < 1.29 is 0 Å². The van der Waals surface area contributed by atoms with Crippen LogP contribution in [0.4, 0.5) is 17.5 Å². The van der Waals surface area contributed by atoms with Crippen molar-refractivity contribution in [2.45, 2.75) is 33.2 Å². The number of nitrogens with zero attached hydrogens (tertiary/aromatic N) is 4. The molecule has 6 heteroatoms. The first-order valence-corrected chi connectivity index (χ1v) is 8.33. The van der Waals surface area contributed by atoms with E-state index in [-0.39, 0.29) is 0 Å². The van der Waals surface area contributed by atoms with Crippen LogP contribution in [-0.2, 0) is 6.54 Å². The third-order valence-electron chi connectivity index (χ3n) is 3.89. The van der Waals surface area contributed by atoms with Crippen LogP contribution in [0.5, 0.6) is 0 Å². The molecule has 0 saturated carbocycles. The highest BCUT2D eigenvalue weighted by Crippen LogP contribution is 2.29. The van der Waals surface area contributed by atoms with Gasteiger partial charge in [-0.3, -0.25) is 4.98 Å². The topological polar surface area (TPSA) is 75.6 Å². The maximum Gasteiger partial charge on any atom is 0.245 e. The Morgan fingerprint density at radius 2 is 1.96 bits per heavy atom. The number of hydrogen-bond acceptors (Lipinski definition) is 6. The monoisotopic (exact) mass is 334 g/mol. The molecule has 6 nitrogen and oxygen atoms in total. The summed E-state index contributed by atoms with van der Waals surface area (Å²) >= 11 is 0. The molecule has 0 spiro atoms. The first kappa shape index (κ1) is 16.8. The molecule has 2 aromatic heterocycles. The number of benzene rings is 1. The molecule has 2 heterocycles. The van der Waals surface area contributed by atoms with Gasteiger partial charge < -0.3 is 10.6 Å². The normalized spacial score (nSPS) is 10.7. The molecule has 0 amide bonds. The Hall–Kier alpha value is -3.02. The summed E-state index contributed by atoms with van der Waals surface area (Å²) in [6.45, 7) is 6.99. The molecule has 25 heavy (non-hydrogen) atoms. The van der Waals surface area contributed by atoms with Crippen LogP contribution in [0.3, 0.4) is 0 Å². The van der Waals surface area contributed by atoms with E-state index in [0.29, 0.717) is 24.2 Å². The summed E-state index contributed by atoms with van der Waals surface area (Å²) in [6.07, 6.45) is 3.39. The van der Waals surface area contributed by atoms with Gasteiger partial charge in [-0.2, -0.15) is 10.1 Å². The molecule has 0 unspecified atom stereocenters. The molecule has 1 aromatic carbocycles. The Bertz CT molecular complexity index is 832. The Labute approximate surface area is 147 Å². The van der Waals surface area contributed by atoms with Gasteiger partial charge in [0.1, 0.15) is 0 Å². The van der Waals surface area contributed by atoms with Crippen molar-refractivity contribution in [3.8, 4) is 0 Å². The van der Waals surface area contributed by atoms with Gasteiger partial charge in [-0.15, -0.1) is 5.10 Å². The lowest BCUT2D eigenvalue weighted by molar-refractivity contribution is 0.866. The molecule has 0 aliphatic rings. The van der Waals surface area contributed by atoms with Crippen LogP contribution in [0.25, 0.3) is 0 Å². The van der Waals surface area contributed by atoms with Crippen molar-refractivity contribution in [2.24, 2.45) is 0 Å². The van der Waals surface area contributed by atoms with Crippen LogP contribution in [0, 0.1) is 6.92 Å². The van der Waals surface area contributed by atoms with E-state index in [1.54, 1.807) is 12.4 Å². The van der Waals surface area contributed by atoms with Crippen molar-refractivity contribution in [1.29, 1.82) is 0 Å². The first-order valence-electron chi connectivity index (χ1n) is 8.33. The van der Waals surface area contributed by atoms with Crippen molar-refractivity contribution in [1.82, 2.24) is 20.2 Å². The molecule has 3 rings (SSSR count). The fraction of sp³-hybridized carbons (Fsp3) is 0.263. The summed E-state index contributed by atoms with van der Waals surface area (Å²) in [5, 5.41) is 14.6. The fourth-order valence-corrected chi connectivity index (χ4v) is 2.58. The predicted octanol–water partition coefficient (Wildman–Crippen LogP) is 4.05. The largest absolute Gasteiger partial charge is 0.347 e. The van der Waals surface area contributed by atoms with Crippen LogP contribution in [-0.4, -0.2) is 20.2 Å². The number of aryl methyl sites for hydroxylation is 1. The summed E-state index contributed by atoms with van der Waals surface area (Å²) in [6, 6.07) is 12.1. The third-order valence-corrected chi connectivity index (χ3v) is 3.89. The second-order valence-corrected chi connectivity index (χ2v) is 6.16. The highest BCUT2D eigenvalue weighted by molar-refractivity contribution is 5.65. The SMILES string of the molecule is Cc1cccc(C(C)C)c1Nc1cnnc(NCc2ccccn2)n1. The van der Waals surface area contributed by atoms with E-state index in [9.17, 15) is 0 Å². The number of pyridine rings is 1.